The van der Waals surface area contributed by atoms with Crippen molar-refractivity contribution in [2.24, 2.45) is 5.41 Å². The number of methoxy groups -OCH3 is 1. The second kappa shape index (κ2) is 7.13. The van der Waals surface area contributed by atoms with Gasteiger partial charge >= 0.3 is 6.03 Å². The Morgan fingerprint density at radius 1 is 1.16 bits per heavy atom. The van der Waals surface area contributed by atoms with Crippen molar-refractivity contribution in [3.63, 3.8) is 0 Å². The van der Waals surface area contributed by atoms with E-state index >= 15 is 0 Å². The van der Waals surface area contributed by atoms with Gasteiger partial charge in [-0.15, -0.1) is 0 Å². The van der Waals surface area contributed by atoms with Crippen molar-refractivity contribution in [2.75, 3.05) is 33.4 Å². The molecule has 0 bridgehead atoms. The van der Waals surface area contributed by atoms with Crippen molar-refractivity contribution in [1.82, 2.24) is 10.2 Å². The zero-order valence-electron chi connectivity index (χ0n) is 12.2. The molecule has 2 aliphatic rings. The maximum Gasteiger partial charge on any atom is 0.317 e. The predicted octanol–water partition coefficient (Wildman–Crippen LogP) is 2.78. The third-order valence-electron chi connectivity index (χ3n) is 4.76. The van der Waals surface area contributed by atoms with E-state index in [1.54, 1.807) is 7.11 Å². The van der Waals surface area contributed by atoms with E-state index in [0.717, 1.165) is 45.5 Å². The van der Waals surface area contributed by atoms with Crippen molar-refractivity contribution in [1.29, 1.82) is 0 Å². The number of urea groups is 1. The third kappa shape index (κ3) is 4.10. The van der Waals surface area contributed by atoms with Crippen molar-refractivity contribution in [3.05, 3.63) is 0 Å². The van der Waals surface area contributed by atoms with Gasteiger partial charge in [-0.05, 0) is 37.5 Å². The third-order valence-corrected chi connectivity index (χ3v) is 4.76. The highest BCUT2D eigenvalue weighted by atomic mass is 16.5. The van der Waals surface area contributed by atoms with E-state index in [4.69, 9.17) is 4.74 Å². The van der Waals surface area contributed by atoms with Crippen LogP contribution in [0.2, 0.25) is 0 Å². The Labute approximate surface area is 116 Å². The van der Waals surface area contributed by atoms with Crippen LogP contribution in [0.5, 0.6) is 0 Å². The minimum absolute atomic E-state index is 0.144. The number of hydrogen-bond acceptors (Lipinski definition) is 2. The van der Waals surface area contributed by atoms with Crippen LogP contribution >= 0.6 is 0 Å². The Morgan fingerprint density at radius 2 is 1.84 bits per heavy atom. The molecule has 0 atom stereocenters. The van der Waals surface area contributed by atoms with E-state index in [2.05, 4.69) is 5.32 Å². The maximum atomic E-state index is 12.2. The largest absolute Gasteiger partial charge is 0.385 e. The number of hydrogen-bond donors (Lipinski definition) is 1. The summed E-state index contributed by atoms with van der Waals surface area (Å²) in [5.74, 6) is 0. The van der Waals surface area contributed by atoms with Gasteiger partial charge in [0.15, 0.2) is 0 Å². The number of amides is 2. The molecule has 0 aromatic heterocycles. The standard InChI is InChI=1S/C15H28N2O2/c1-19-12-9-15(7-6-8-15)13-16-14(18)17-10-4-2-3-5-11-17/h2-13H2,1H3,(H,16,18). The van der Waals surface area contributed by atoms with E-state index < -0.39 is 0 Å². The molecule has 2 rings (SSSR count). The molecule has 1 aliphatic heterocycles. The molecule has 110 valence electrons. The van der Waals surface area contributed by atoms with Gasteiger partial charge in [0.25, 0.3) is 0 Å². The Hall–Kier alpha value is -0.770. The molecule has 0 aromatic carbocycles. The van der Waals surface area contributed by atoms with Crippen molar-refractivity contribution in [2.45, 2.75) is 51.4 Å². The number of carbonyl (C=O) groups is 1. The minimum Gasteiger partial charge on any atom is -0.385 e. The lowest BCUT2D eigenvalue weighted by atomic mass is 9.67. The fourth-order valence-corrected chi connectivity index (χ4v) is 3.16. The van der Waals surface area contributed by atoms with Crippen molar-refractivity contribution >= 4 is 6.03 Å². The lowest BCUT2D eigenvalue weighted by Crippen LogP contribution is -2.47. The van der Waals surface area contributed by atoms with Gasteiger partial charge in [0.2, 0.25) is 0 Å². The summed E-state index contributed by atoms with van der Waals surface area (Å²) in [6.45, 7) is 3.49. The highest BCUT2D eigenvalue weighted by molar-refractivity contribution is 5.74. The average molecular weight is 268 g/mol. The van der Waals surface area contributed by atoms with Crippen LogP contribution in [0, 0.1) is 5.41 Å². The van der Waals surface area contributed by atoms with Gasteiger partial charge in [0, 0.05) is 33.4 Å². The average Bonchev–Trinajstić information content (AvgIpc) is 2.65. The van der Waals surface area contributed by atoms with Gasteiger partial charge in [-0.25, -0.2) is 4.79 Å². The molecule has 1 aliphatic carbocycles. The number of rotatable bonds is 5. The highest BCUT2D eigenvalue weighted by Crippen LogP contribution is 2.43. The SMILES string of the molecule is COCCC1(CNC(=O)N2CCCCCC2)CCC1. The first-order valence-electron chi connectivity index (χ1n) is 7.77. The molecule has 0 unspecified atom stereocenters. The summed E-state index contributed by atoms with van der Waals surface area (Å²) in [5.41, 5.74) is 0.317. The number of nitrogens with one attached hydrogen (secondary N) is 1. The second-order valence-electron chi connectivity index (χ2n) is 6.16. The molecule has 1 heterocycles. The normalized spacial score (nSPS) is 22.5. The fraction of sp³-hybridized carbons (Fsp3) is 0.933. The summed E-state index contributed by atoms with van der Waals surface area (Å²) in [7, 11) is 1.75. The molecule has 0 spiro atoms. The van der Waals surface area contributed by atoms with Crippen molar-refractivity contribution < 1.29 is 9.53 Å². The van der Waals surface area contributed by atoms with Crippen LogP contribution in [-0.2, 0) is 4.74 Å². The van der Waals surface area contributed by atoms with E-state index in [-0.39, 0.29) is 6.03 Å². The van der Waals surface area contributed by atoms with Crippen LogP contribution < -0.4 is 5.32 Å². The molecule has 2 amide bonds. The monoisotopic (exact) mass is 268 g/mol. The van der Waals surface area contributed by atoms with Gasteiger partial charge in [0.05, 0.1) is 0 Å². The molecule has 1 saturated heterocycles. The van der Waals surface area contributed by atoms with Crippen LogP contribution in [0.15, 0.2) is 0 Å². The summed E-state index contributed by atoms with van der Waals surface area (Å²) in [6.07, 6.45) is 9.67. The first-order chi connectivity index (χ1) is 9.26. The molecule has 1 N–H and O–H groups in total. The van der Waals surface area contributed by atoms with E-state index in [0.29, 0.717) is 5.41 Å². The molecule has 2 fully saturated rings. The summed E-state index contributed by atoms with van der Waals surface area (Å²) in [6, 6.07) is 0.144. The molecule has 0 radical (unpaired) electrons. The zero-order chi connectivity index (χ0) is 13.6. The topological polar surface area (TPSA) is 41.6 Å². The summed E-state index contributed by atoms with van der Waals surface area (Å²) in [4.78, 5) is 14.2. The second-order valence-corrected chi connectivity index (χ2v) is 6.16. The Kier molecular flexibility index (Phi) is 5.49. The van der Waals surface area contributed by atoms with E-state index in [9.17, 15) is 4.79 Å². The Morgan fingerprint density at radius 3 is 2.37 bits per heavy atom. The Balaban J connectivity index is 1.75. The molecule has 19 heavy (non-hydrogen) atoms. The van der Waals surface area contributed by atoms with Gasteiger partial charge in [-0.1, -0.05) is 19.3 Å². The van der Waals surface area contributed by atoms with Gasteiger partial charge < -0.3 is 15.0 Å². The van der Waals surface area contributed by atoms with Crippen LogP contribution in [0.4, 0.5) is 4.79 Å². The summed E-state index contributed by atoms with van der Waals surface area (Å²) < 4.78 is 5.19. The predicted molar refractivity (Wildman–Crippen MR) is 76.2 cm³/mol. The van der Waals surface area contributed by atoms with Crippen LogP contribution in [-0.4, -0.2) is 44.3 Å². The molecule has 1 saturated carbocycles. The van der Waals surface area contributed by atoms with Gasteiger partial charge in [-0.3, -0.25) is 0 Å². The van der Waals surface area contributed by atoms with Crippen LogP contribution in [0.25, 0.3) is 0 Å². The summed E-state index contributed by atoms with van der Waals surface area (Å²) >= 11 is 0. The minimum atomic E-state index is 0.144. The van der Waals surface area contributed by atoms with Crippen LogP contribution in [0.3, 0.4) is 0 Å². The molecular formula is C15H28N2O2. The number of likely N-dealkylation sites (tertiary alicyclic amines) is 1. The van der Waals surface area contributed by atoms with E-state index in [1.165, 1.54) is 32.1 Å². The summed E-state index contributed by atoms with van der Waals surface area (Å²) in [5, 5.41) is 3.16. The molecule has 0 aromatic rings. The lowest BCUT2D eigenvalue weighted by Gasteiger charge is -2.42. The molecule has 4 heteroatoms. The van der Waals surface area contributed by atoms with E-state index in [1.807, 2.05) is 4.90 Å². The lowest BCUT2D eigenvalue weighted by molar-refractivity contribution is 0.0695. The first-order valence-corrected chi connectivity index (χ1v) is 7.77. The number of carbonyl (C=O) groups excluding carboxylic acids is 1. The van der Waals surface area contributed by atoms with Crippen LogP contribution in [0.1, 0.15) is 51.4 Å². The van der Waals surface area contributed by atoms with Gasteiger partial charge in [0.1, 0.15) is 0 Å². The zero-order valence-corrected chi connectivity index (χ0v) is 12.2. The smallest absolute Gasteiger partial charge is 0.317 e. The molecule has 4 nitrogen and oxygen atoms in total. The quantitative estimate of drug-likeness (QED) is 0.833. The maximum absolute atomic E-state index is 12.2. The number of nitrogens with zero attached hydrogens (tertiary/aromatic N) is 1. The first kappa shape index (κ1) is 14.6. The van der Waals surface area contributed by atoms with Gasteiger partial charge in [-0.2, -0.15) is 0 Å². The Bertz CT molecular complexity index is 282. The highest BCUT2D eigenvalue weighted by Gasteiger charge is 2.37. The molecular weight excluding hydrogens is 240 g/mol. The number of ether oxygens (including phenoxy) is 1. The fourth-order valence-electron chi connectivity index (χ4n) is 3.16. The van der Waals surface area contributed by atoms with Crippen molar-refractivity contribution in [3.8, 4) is 0 Å².